The first kappa shape index (κ1) is 25.6. The largest absolute Gasteiger partial charge is 0.493 e. The van der Waals surface area contributed by atoms with E-state index in [1.165, 1.54) is 0 Å². The zero-order valence-corrected chi connectivity index (χ0v) is 21.5. The molecular weight excluding hydrogens is 458 g/mol. The van der Waals surface area contributed by atoms with Gasteiger partial charge in [-0.05, 0) is 49.2 Å². The van der Waals surface area contributed by atoms with Crippen LogP contribution >= 0.6 is 0 Å². The number of amides is 3. The second-order valence-electron chi connectivity index (χ2n) is 9.22. The minimum Gasteiger partial charge on any atom is -0.493 e. The molecule has 1 atom stereocenters. The van der Waals surface area contributed by atoms with Crippen molar-refractivity contribution < 1.29 is 19.1 Å². The maximum atomic E-state index is 13.7. The van der Waals surface area contributed by atoms with Gasteiger partial charge in [0.25, 0.3) is 5.91 Å². The number of methoxy groups -OCH3 is 2. The first-order chi connectivity index (χ1) is 17.5. The summed E-state index contributed by atoms with van der Waals surface area (Å²) in [4.78, 5) is 31.7. The molecule has 2 aliphatic rings. The number of nitrogens with one attached hydrogen (secondary N) is 1. The van der Waals surface area contributed by atoms with Gasteiger partial charge in [-0.25, -0.2) is 4.79 Å². The highest BCUT2D eigenvalue weighted by molar-refractivity contribution is 6.00. The summed E-state index contributed by atoms with van der Waals surface area (Å²) in [6.45, 7) is 8.20. The number of hydrogen-bond acceptors (Lipinski definition) is 6. The summed E-state index contributed by atoms with van der Waals surface area (Å²) in [5, 5.41) is 2.65. The molecule has 0 radical (unpaired) electrons. The quantitative estimate of drug-likeness (QED) is 0.492. The summed E-state index contributed by atoms with van der Waals surface area (Å²) in [5.74, 6) is 1.29. The lowest BCUT2D eigenvalue weighted by Gasteiger charge is -2.36. The number of ether oxygens (including phenoxy) is 2. The fraction of sp³-hybridized carbons (Fsp3) is 0.481. The number of carbonyl (C=O) groups is 2. The number of urea groups is 1. The molecule has 9 heteroatoms. The summed E-state index contributed by atoms with van der Waals surface area (Å²) in [5.41, 5.74) is 9.22. The van der Waals surface area contributed by atoms with E-state index in [9.17, 15) is 9.59 Å². The average Bonchev–Trinajstić information content (AvgIpc) is 3.24. The zero-order chi connectivity index (χ0) is 25.7. The lowest BCUT2D eigenvalue weighted by molar-refractivity contribution is 0.0689. The Balaban J connectivity index is 1.61. The highest BCUT2D eigenvalue weighted by Gasteiger charge is 2.36. The van der Waals surface area contributed by atoms with Crippen LogP contribution in [0.25, 0.3) is 0 Å². The van der Waals surface area contributed by atoms with Crippen molar-refractivity contribution in [1.29, 1.82) is 0 Å². The van der Waals surface area contributed by atoms with E-state index in [-0.39, 0.29) is 11.9 Å². The number of nitrogens with two attached hydrogens (primary N) is 1. The zero-order valence-electron chi connectivity index (χ0n) is 21.5. The fourth-order valence-corrected chi connectivity index (χ4v) is 5.26. The van der Waals surface area contributed by atoms with Crippen molar-refractivity contribution in [3.8, 4) is 11.5 Å². The summed E-state index contributed by atoms with van der Waals surface area (Å²) in [6, 6.07) is 11.1. The molecule has 2 aromatic carbocycles. The molecule has 0 bridgehead atoms. The molecule has 0 aliphatic carbocycles. The Labute approximate surface area is 213 Å². The Kier molecular flexibility index (Phi) is 8.20. The minimum atomic E-state index is -0.546. The monoisotopic (exact) mass is 495 g/mol. The smallest absolute Gasteiger partial charge is 0.312 e. The van der Waals surface area contributed by atoms with Gasteiger partial charge in [0, 0.05) is 56.1 Å². The van der Waals surface area contributed by atoms with Crippen molar-refractivity contribution in [2.45, 2.75) is 32.4 Å². The van der Waals surface area contributed by atoms with Crippen molar-refractivity contribution in [3.05, 3.63) is 53.1 Å². The number of anilines is 1. The van der Waals surface area contributed by atoms with E-state index in [0.29, 0.717) is 37.4 Å². The summed E-state index contributed by atoms with van der Waals surface area (Å²) >= 11 is 0. The van der Waals surface area contributed by atoms with E-state index in [4.69, 9.17) is 15.2 Å². The Morgan fingerprint density at radius 2 is 1.83 bits per heavy atom. The lowest BCUT2D eigenvalue weighted by atomic mass is 9.99. The van der Waals surface area contributed by atoms with E-state index >= 15 is 0 Å². The molecule has 3 amide bonds. The number of benzene rings is 2. The maximum absolute atomic E-state index is 13.7. The molecule has 0 saturated carbocycles. The first-order valence-electron chi connectivity index (χ1n) is 12.6. The van der Waals surface area contributed by atoms with Crippen LogP contribution in [-0.4, -0.2) is 75.2 Å². The van der Waals surface area contributed by atoms with Gasteiger partial charge in [0.05, 0.1) is 20.3 Å². The number of primary amides is 1. The van der Waals surface area contributed by atoms with Gasteiger partial charge in [-0.2, -0.15) is 0 Å². The molecule has 3 N–H and O–H groups in total. The van der Waals surface area contributed by atoms with Crippen LogP contribution in [0.2, 0.25) is 0 Å². The SMILES string of the molecule is CCN1CCN(c2cccc3c2CN([C@H](CCCNC(N)=O)c2ccc(OC)c(OC)c2)C3=O)CC1. The van der Waals surface area contributed by atoms with Crippen molar-refractivity contribution in [2.75, 3.05) is 58.4 Å². The number of piperazine rings is 1. The van der Waals surface area contributed by atoms with Crippen molar-refractivity contribution in [3.63, 3.8) is 0 Å². The van der Waals surface area contributed by atoms with Crippen molar-refractivity contribution in [2.24, 2.45) is 5.73 Å². The molecule has 0 spiro atoms. The standard InChI is InChI=1S/C27H37N5O4/c1-4-30-13-15-31(16-14-30)23-8-5-7-20-21(23)18-32(26(20)33)22(9-6-12-29-27(28)34)19-10-11-24(35-2)25(17-19)36-3/h5,7-8,10-11,17,22H,4,6,9,12-16,18H2,1-3H3,(H3,28,29,34)/t22-/m1/s1. The van der Waals surface area contributed by atoms with Gasteiger partial charge in [0.15, 0.2) is 11.5 Å². The van der Waals surface area contributed by atoms with Gasteiger partial charge in [-0.15, -0.1) is 0 Å². The van der Waals surface area contributed by atoms with E-state index in [1.54, 1.807) is 14.2 Å². The van der Waals surface area contributed by atoms with Crippen LogP contribution in [0.1, 0.15) is 47.3 Å². The van der Waals surface area contributed by atoms with E-state index < -0.39 is 6.03 Å². The minimum absolute atomic E-state index is 0.0293. The van der Waals surface area contributed by atoms with E-state index in [1.807, 2.05) is 35.2 Å². The predicted molar refractivity (Wildman–Crippen MR) is 140 cm³/mol. The lowest BCUT2D eigenvalue weighted by Crippen LogP contribution is -2.46. The van der Waals surface area contributed by atoms with Crippen LogP contribution in [-0.2, 0) is 6.54 Å². The third kappa shape index (κ3) is 5.36. The first-order valence-corrected chi connectivity index (χ1v) is 12.6. The van der Waals surface area contributed by atoms with E-state index in [0.717, 1.165) is 55.1 Å². The molecule has 1 saturated heterocycles. The molecule has 2 heterocycles. The Morgan fingerprint density at radius 1 is 1.08 bits per heavy atom. The number of rotatable bonds is 10. The maximum Gasteiger partial charge on any atom is 0.312 e. The normalized spacial score (nSPS) is 16.6. The Hall–Kier alpha value is -3.46. The molecule has 1 fully saturated rings. The van der Waals surface area contributed by atoms with Gasteiger partial charge in [0.2, 0.25) is 0 Å². The topological polar surface area (TPSA) is 100 Å². The molecule has 2 aliphatic heterocycles. The Morgan fingerprint density at radius 3 is 2.50 bits per heavy atom. The number of fused-ring (bicyclic) bond motifs is 1. The van der Waals surface area contributed by atoms with Crippen LogP contribution in [0.3, 0.4) is 0 Å². The molecule has 0 aromatic heterocycles. The van der Waals surface area contributed by atoms with Gasteiger partial charge in [0.1, 0.15) is 0 Å². The van der Waals surface area contributed by atoms with Gasteiger partial charge in [-0.1, -0.05) is 19.1 Å². The predicted octanol–water partition coefficient (Wildman–Crippen LogP) is 2.99. The molecule has 2 aromatic rings. The number of hydrogen-bond donors (Lipinski definition) is 2. The Bertz CT molecular complexity index is 1080. The van der Waals surface area contributed by atoms with Crippen LogP contribution in [0.4, 0.5) is 10.5 Å². The third-order valence-electron chi connectivity index (χ3n) is 7.25. The van der Waals surface area contributed by atoms with Crippen LogP contribution < -0.4 is 25.4 Å². The van der Waals surface area contributed by atoms with Crippen LogP contribution in [0, 0.1) is 0 Å². The van der Waals surface area contributed by atoms with Gasteiger partial charge < -0.3 is 35.2 Å². The molecule has 9 nitrogen and oxygen atoms in total. The summed E-state index contributed by atoms with van der Waals surface area (Å²) < 4.78 is 11.0. The van der Waals surface area contributed by atoms with Crippen LogP contribution in [0.5, 0.6) is 11.5 Å². The second kappa shape index (κ2) is 11.5. The number of carbonyl (C=O) groups excluding carboxylic acids is 2. The number of likely N-dealkylation sites (N-methyl/N-ethyl adjacent to an activating group) is 1. The van der Waals surface area contributed by atoms with Gasteiger partial charge >= 0.3 is 6.03 Å². The molecule has 4 rings (SSSR count). The third-order valence-corrected chi connectivity index (χ3v) is 7.25. The molecular formula is C27H37N5O4. The molecule has 194 valence electrons. The fourth-order valence-electron chi connectivity index (χ4n) is 5.26. The summed E-state index contributed by atoms with van der Waals surface area (Å²) in [7, 11) is 3.21. The summed E-state index contributed by atoms with van der Waals surface area (Å²) in [6.07, 6.45) is 1.34. The number of nitrogens with zero attached hydrogens (tertiary/aromatic N) is 3. The van der Waals surface area contributed by atoms with Crippen LogP contribution in [0.15, 0.2) is 36.4 Å². The van der Waals surface area contributed by atoms with Crippen molar-refractivity contribution >= 4 is 17.6 Å². The highest BCUT2D eigenvalue weighted by Crippen LogP contribution is 2.40. The van der Waals surface area contributed by atoms with Gasteiger partial charge in [-0.3, -0.25) is 4.79 Å². The molecule has 36 heavy (non-hydrogen) atoms. The van der Waals surface area contributed by atoms with E-state index in [2.05, 4.69) is 28.1 Å². The second-order valence-corrected chi connectivity index (χ2v) is 9.22. The highest BCUT2D eigenvalue weighted by atomic mass is 16.5. The average molecular weight is 496 g/mol. The molecule has 0 unspecified atom stereocenters. The van der Waals surface area contributed by atoms with Crippen molar-refractivity contribution in [1.82, 2.24) is 15.1 Å².